The molecule has 0 aromatic heterocycles. The molecule has 1 heterocycles. The summed E-state index contributed by atoms with van der Waals surface area (Å²) >= 11 is 0. The molecule has 0 unspecified atom stereocenters. The zero-order valence-electron chi connectivity index (χ0n) is 18.9. The highest BCUT2D eigenvalue weighted by Crippen LogP contribution is 2.12. The quantitative estimate of drug-likeness (QED) is 0.576. The number of rotatable bonds is 6. The first-order valence-electron chi connectivity index (χ1n) is 11.5. The Bertz CT molecular complexity index is 782. The molecule has 0 saturated carbocycles. The van der Waals surface area contributed by atoms with Gasteiger partial charge in [0.2, 0.25) is 0 Å². The SMILES string of the molecule is CC1CN(CCc2ccccc2)CCN(CCc2ccccc2)C1.Nc1ccccc1. The number of nitrogen functional groups attached to an aromatic ring is 1. The molecule has 1 aliphatic rings. The van der Waals surface area contributed by atoms with Crippen LogP contribution in [0.2, 0.25) is 0 Å². The smallest absolute Gasteiger partial charge is 0.0313 e. The first-order valence-corrected chi connectivity index (χ1v) is 11.5. The number of nitrogens with two attached hydrogens (primary N) is 1. The second-order valence-corrected chi connectivity index (χ2v) is 8.59. The maximum absolute atomic E-state index is 5.36. The second-order valence-electron chi connectivity index (χ2n) is 8.59. The average Bonchev–Trinajstić information content (AvgIpc) is 2.99. The van der Waals surface area contributed by atoms with Gasteiger partial charge in [-0.2, -0.15) is 0 Å². The van der Waals surface area contributed by atoms with Crippen LogP contribution >= 0.6 is 0 Å². The topological polar surface area (TPSA) is 32.5 Å². The predicted molar refractivity (Wildman–Crippen MR) is 133 cm³/mol. The molecule has 0 bridgehead atoms. The van der Waals surface area contributed by atoms with Crippen LogP contribution in [0.25, 0.3) is 0 Å². The molecule has 0 amide bonds. The fourth-order valence-electron chi connectivity index (χ4n) is 4.13. The molecule has 1 saturated heterocycles. The first kappa shape index (κ1) is 23.1. The van der Waals surface area contributed by atoms with Crippen LogP contribution in [-0.4, -0.2) is 49.1 Å². The van der Waals surface area contributed by atoms with Gasteiger partial charge in [-0.3, -0.25) is 0 Å². The van der Waals surface area contributed by atoms with Crippen LogP contribution in [-0.2, 0) is 12.8 Å². The van der Waals surface area contributed by atoms with E-state index in [1.807, 2.05) is 30.3 Å². The minimum absolute atomic E-state index is 0.749. The van der Waals surface area contributed by atoms with Gasteiger partial charge in [0.15, 0.2) is 0 Å². The van der Waals surface area contributed by atoms with Crippen molar-refractivity contribution in [1.82, 2.24) is 9.80 Å². The Hall–Kier alpha value is -2.62. The molecule has 2 N–H and O–H groups in total. The van der Waals surface area contributed by atoms with E-state index in [0.29, 0.717) is 0 Å². The number of anilines is 1. The Labute approximate surface area is 188 Å². The van der Waals surface area contributed by atoms with E-state index < -0.39 is 0 Å². The van der Waals surface area contributed by atoms with Crippen LogP contribution in [0.3, 0.4) is 0 Å². The molecule has 3 aromatic rings. The molecule has 1 fully saturated rings. The van der Waals surface area contributed by atoms with E-state index in [0.717, 1.165) is 24.4 Å². The summed E-state index contributed by atoms with van der Waals surface area (Å²) in [7, 11) is 0. The largest absolute Gasteiger partial charge is 0.399 e. The molecule has 0 spiro atoms. The van der Waals surface area contributed by atoms with Gasteiger partial charge in [0, 0.05) is 45.0 Å². The molecule has 0 atom stereocenters. The van der Waals surface area contributed by atoms with Crippen LogP contribution in [0.1, 0.15) is 18.1 Å². The fourth-order valence-corrected chi connectivity index (χ4v) is 4.13. The number of nitrogens with zero attached hydrogens (tertiary/aromatic N) is 2. The van der Waals surface area contributed by atoms with Crippen molar-refractivity contribution in [2.75, 3.05) is 45.0 Å². The van der Waals surface area contributed by atoms with Gasteiger partial charge in [-0.1, -0.05) is 85.8 Å². The van der Waals surface area contributed by atoms with Gasteiger partial charge in [-0.25, -0.2) is 0 Å². The zero-order chi connectivity index (χ0) is 21.7. The van der Waals surface area contributed by atoms with Gasteiger partial charge < -0.3 is 15.5 Å². The Morgan fingerprint density at radius 3 is 1.39 bits per heavy atom. The van der Waals surface area contributed by atoms with E-state index in [1.165, 1.54) is 50.4 Å². The first-order chi connectivity index (χ1) is 15.2. The molecular weight excluding hydrogens is 378 g/mol. The van der Waals surface area contributed by atoms with E-state index in [1.54, 1.807) is 0 Å². The lowest BCUT2D eigenvalue weighted by atomic mass is 10.1. The van der Waals surface area contributed by atoms with Crippen molar-refractivity contribution in [3.63, 3.8) is 0 Å². The van der Waals surface area contributed by atoms with Gasteiger partial charge in [0.25, 0.3) is 0 Å². The normalized spacial score (nSPS) is 15.6. The highest BCUT2D eigenvalue weighted by molar-refractivity contribution is 5.35. The van der Waals surface area contributed by atoms with E-state index >= 15 is 0 Å². The Kier molecular flexibility index (Phi) is 9.62. The average molecular weight is 416 g/mol. The maximum atomic E-state index is 5.36. The van der Waals surface area contributed by atoms with Crippen molar-refractivity contribution < 1.29 is 0 Å². The third-order valence-electron chi connectivity index (χ3n) is 5.79. The van der Waals surface area contributed by atoms with Gasteiger partial charge in [-0.05, 0) is 42.0 Å². The van der Waals surface area contributed by atoms with Gasteiger partial charge in [-0.15, -0.1) is 0 Å². The summed E-state index contributed by atoms with van der Waals surface area (Å²) in [4.78, 5) is 5.31. The van der Waals surface area contributed by atoms with E-state index in [-0.39, 0.29) is 0 Å². The molecule has 3 aromatic carbocycles. The molecule has 0 aliphatic carbocycles. The zero-order valence-corrected chi connectivity index (χ0v) is 18.9. The van der Waals surface area contributed by atoms with E-state index in [9.17, 15) is 0 Å². The maximum Gasteiger partial charge on any atom is 0.0313 e. The van der Waals surface area contributed by atoms with Gasteiger partial charge in [0.1, 0.15) is 0 Å². The summed E-state index contributed by atoms with van der Waals surface area (Å²) in [5.41, 5.74) is 9.09. The lowest BCUT2D eigenvalue weighted by Crippen LogP contribution is -2.33. The molecule has 1 aliphatic heterocycles. The molecule has 0 radical (unpaired) electrons. The third-order valence-corrected chi connectivity index (χ3v) is 5.79. The number of hydrogen-bond donors (Lipinski definition) is 1. The highest BCUT2D eigenvalue weighted by Gasteiger charge is 2.19. The lowest BCUT2D eigenvalue weighted by molar-refractivity contribution is 0.260. The minimum atomic E-state index is 0.749. The van der Waals surface area contributed by atoms with Crippen molar-refractivity contribution in [1.29, 1.82) is 0 Å². The summed E-state index contributed by atoms with van der Waals surface area (Å²) in [6.07, 6.45) is 2.33. The van der Waals surface area contributed by atoms with Crippen LogP contribution in [0.15, 0.2) is 91.0 Å². The molecular formula is C28H37N3. The Morgan fingerprint density at radius 2 is 1.03 bits per heavy atom. The second kappa shape index (κ2) is 12.9. The molecule has 164 valence electrons. The monoisotopic (exact) mass is 415 g/mol. The van der Waals surface area contributed by atoms with Gasteiger partial charge in [0.05, 0.1) is 0 Å². The molecule has 31 heavy (non-hydrogen) atoms. The summed E-state index contributed by atoms with van der Waals surface area (Å²) in [5.74, 6) is 0.749. The van der Waals surface area contributed by atoms with Crippen LogP contribution in [0.5, 0.6) is 0 Å². The van der Waals surface area contributed by atoms with Crippen molar-refractivity contribution in [2.24, 2.45) is 5.92 Å². The Morgan fingerprint density at radius 1 is 0.645 bits per heavy atom. The van der Waals surface area contributed by atoms with Crippen molar-refractivity contribution >= 4 is 5.69 Å². The third kappa shape index (κ3) is 8.95. The standard InChI is InChI=1S/C22H30N2.C6H7N/c1-20-18-23(14-12-21-8-4-2-5-9-21)16-17-24(19-20)15-13-22-10-6-3-7-11-22;7-6-4-2-1-3-5-6/h2-11,20H,12-19H2,1H3;1-5H,7H2. The molecule has 4 rings (SSSR count). The minimum Gasteiger partial charge on any atom is -0.399 e. The molecule has 3 nitrogen and oxygen atoms in total. The summed E-state index contributed by atoms with van der Waals surface area (Å²) in [6.45, 7) is 9.62. The summed E-state index contributed by atoms with van der Waals surface area (Å²) < 4.78 is 0. The van der Waals surface area contributed by atoms with E-state index in [2.05, 4.69) is 77.4 Å². The van der Waals surface area contributed by atoms with Crippen LogP contribution in [0, 0.1) is 5.92 Å². The summed E-state index contributed by atoms with van der Waals surface area (Å²) in [6, 6.07) is 31.2. The number of benzene rings is 3. The van der Waals surface area contributed by atoms with Crippen molar-refractivity contribution in [2.45, 2.75) is 19.8 Å². The Balaban J connectivity index is 0.000000330. The van der Waals surface area contributed by atoms with Crippen LogP contribution < -0.4 is 5.73 Å². The predicted octanol–water partition coefficient (Wildman–Crippen LogP) is 4.99. The highest BCUT2D eigenvalue weighted by atomic mass is 15.2. The van der Waals surface area contributed by atoms with E-state index in [4.69, 9.17) is 5.73 Å². The van der Waals surface area contributed by atoms with Crippen molar-refractivity contribution in [3.05, 3.63) is 102 Å². The number of hydrogen-bond acceptors (Lipinski definition) is 3. The fraction of sp³-hybridized carbons (Fsp3) is 0.357. The van der Waals surface area contributed by atoms with Crippen molar-refractivity contribution in [3.8, 4) is 0 Å². The lowest BCUT2D eigenvalue weighted by Gasteiger charge is -2.21. The number of para-hydroxylation sites is 1. The summed E-state index contributed by atoms with van der Waals surface area (Å²) in [5, 5.41) is 0. The molecule has 3 heteroatoms. The van der Waals surface area contributed by atoms with Crippen LogP contribution in [0.4, 0.5) is 5.69 Å². The van der Waals surface area contributed by atoms with Gasteiger partial charge >= 0.3 is 0 Å².